The summed E-state index contributed by atoms with van der Waals surface area (Å²) in [7, 11) is 1.80. The van der Waals surface area contributed by atoms with Crippen LogP contribution in [0.15, 0.2) is 40.2 Å². The number of hydrogen-bond acceptors (Lipinski definition) is 5. The predicted molar refractivity (Wildman–Crippen MR) is 113 cm³/mol. The zero-order chi connectivity index (χ0) is 19.0. The maximum Gasteiger partial charge on any atom is 0.287 e. The van der Waals surface area contributed by atoms with E-state index < -0.39 is 5.60 Å². The van der Waals surface area contributed by atoms with Crippen molar-refractivity contribution in [1.82, 2.24) is 25.7 Å². The number of aliphatic imine (C=N–C) groups is 1. The normalized spacial score (nSPS) is 13.4. The molecule has 0 bridgehead atoms. The number of amides is 1. The van der Waals surface area contributed by atoms with Crippen LogP contribution in [0, 0.1) is 0 Å². The summed E-state index contributed by atoms with van der Waals surface area (Å²) in [4.78, 5) is 16.2. The van der Waals surface area contributed by atoms with Crippen molar-refractivity contribution in [3.05, 3.63) is 42.1 Å². The second-order valence-electron chi connectivity index (χ2n) is 6.03. The maximum absolute atomic E-state index is 11.8. The second kappa shape index (κ2) is 10.9. The zero-order valence-electron chi connectivity index (χ0n) is 15.7. The molecule has 0 saturated carbocycles. The van der Waals surface area contributed by atoms with E-state index in [2.05, 4.69) is 26.0 Å². The lowest BCUT2D eigenvalue weighted by atomic mass is 10.0. The number of carbonyl (C=O) groups is 1. The van der Waals surface area contributed by atoms with Crippen LogP contribution in [0.3, 0.4) is 0 Å². The molecule has 9 nitrogen and oxygen atoms in total. The van der Waals surface area contributed by atoms with E-state index in [9.17, 15) is 9.90 Å². The SMILES string of the molecule is CCNC(=NCC(C)(O)c1cnn(C)c1)NCCNC(=O)c1ccco1.I. The number of nitrogens with zero attached hydrogens (tertiary/aromatic N) is 3. The number of guanidine groups is 1. The molecule has 0 spiro atoms. The van der Waals surface area contributed by atoms with Crippen molar-refractivity contribution in [1.29, 1.82) is 0 Å². The summed E-state index contributed by atoms with van der Waals surface area (Å²) < 4.78 is 6.67. The fourth-order valence-electron chi connectivity index (χ4n) is 2.22. The Labute approximate surface area is 175 Å². The van der Waals surface area contributed by atoms with Crippen LogP contribution >= 0.6 is 24.0 Å². The summed E-state index contributed by atoms with van der Waals surface area (Å²) in [5.74, 6) is 0.570. The smallest absolute Gasteiger partial charge is 0.287 e. The fourth-order valence-corrected chi connectivity index (χ4v) is 2.22. The number of aromatic nitrogens is 2. The molecule has 4 N–H and O–H groups in total. The number of rotatable bonds is 8. The minimum atomic E-state index is -1.12. The third kappa shape index (κ3) is 7.21. The van der Waals surface area contributed by atoms with E-state index in [1.807, 2.05) is 6.92 Å². The summed E-state index contributed by atoms with van der Waals surface area (Å²) in [6.45, 7) is 5.39. The monoisotopic (exact) mass is 490 g/mol. The van der Waals surface area contributed by atoms with Crippen LogP contribution in [0.2, 0.25) is 0 Å². The maximum atomic E-state index is 11.8. The van der Waals surface area contributed by atoms with Gasteiger partial charge in [0.25, 0.3) is 5.91 Å². The van der Waals surface area contributed by atoms with Crippen LogP contribution in [-0.4, -0.2) is 52.9 Å². The highest BCUT2D eigenvalue weighted by Crippen LogP contribution is 2.19. The van der Waals surface area contributed by atoms with Crippen molar-refractivity contribution in [3.63, 3.8) is 0 Å². The Morgan fingerprint density at radius 3 is 2.70 bits per heavy atom. The van der Waals surface area contributed by atoms with Crippen molar-refractivity contribution >= 4 is 35.8 Å². The topological polar surface area (TPSA) is 117 Å². The highest BCUT2D eigenvalue weighted by Gasteiger charge is 2.24. The number of carbonyl (C=O) groups excluding carboxylic acids is 1. The average molecular weight is 490 g/mol. The summed E-state index contributed by atoms with van der Waals surface area (Å²) in [6.07, 6.45) is 4.84. The second-order valence-corrected chi connectivity index (χ2v) is 6.03. The Morgan fingerprint density at radius 2 is 2.11 bits per heavy atom. The fraction of sp³-hybridized carbons (Fsp3) is 0.471. The molecule has 0 saturated heterocycles. The van der Waals surface area contributed by atoms with Crippen LogP contribution < -0.4 is 16.0 Å². The lowest BCUT2D eigenvalue weighted by Gasteiger charge is -2.20. The molecule has 2 heterocycles. The summed E-state index contributed by atoms with van der Waals surface area (Å²) in [5.41, 5.74) is -0.422. The molecular weight excluding hydrogens is 463 g/mol. The van der Waals surface area contributed by atoms with Gasteiger partial charge in [-0.3, -0.25) is 9.48 Å². The molecule has 2 rings (SSSR count). The van der Waals surface area contributed by atoms with Crippen LogP contribution in [-0.2, 0) is 12.6 Å². The molecule has 10 heteroatoms. The molecular formula is C17H27IN6O3. The molecule has 2 aromatic heterocycles. The molecule has 1 amide bonds. The van der Waals surface area contributed by atoms with Crippen LogP contribution in [0.25, 0.3) is 0 Å². The van der Waals surface area contributed by atoms with Crippen molar-refractivity contribution in [2.24, 2.45) is 12.0 Å². The highest BCUT2D eigenvalue weighted by atomic mass is 127. The van der Waals surface area contributed by atoms with Crippen molar-refractivity contribution in [2.45, 2.75) is 19.4 Å². The van der Waals surface area contributed by atoms with Gasteiger partial charge in [0.05, 0.1) is 19.0 Å². The minimum absolute atomic E-state index is 0. The van der Waals surface area contributed by atoms with Crippen molar-refractivity contribution < 1.29 is 14.3 Å². The van der Waals surface area contributed by atoms with Gasteiger partial charge in [0, 0.05) is 38.4 Å². The largest absolute Gasteiger partial charge is 0.459 e. The first kappa shape index (κ1) is 23.0. The first-order chi connectivity index (χ1) is 12.4. The summed E-state index contributed by atoms with van der Waals surface area (Å²) >= 11 is 0. The highest BCUT2D eigenvalue weighted by molar-refractivity contribution is 14.0. The van der Waals surface area contributed by atoms with Crippen molar-refractivity contribution in [2.75, 3.05) is 26.2 Å². The van der Waals surface area contributed by atoms with Gasteiger partial charge >= 0.3 is 0 Å². The van der Waals surface area contributed by atoms with E-state index in [1.54, 1.807) is 43.2 Å². The van der Waals surface area contributed by atoms with Crippen molar-refractivity contribution in [3.8, 4) is 0 Å². The zero-order valence-corrected chi connectivity index (χ0v) is 18.1. The number of hydrogen-bond donors (Lipinski definition) is 4. The van der Waals surface area contributed by atoms with Crippen LogP contribution in [0.1, 0.15) is 30.0 Å². The Balaban J connectivity index is 0.00000364. The van der Waals surface area contributed by atoms with Gasteiger partial charge in [0.15, 0.2) is 11.7 Å². The quantitative estimate of drug-likeness (QED) is 0.189. The Morgan fingerprint density at radius 1 is 1.37 bits per heavy atom. The minimum Gasteiger partial charge on any atom is -0.459 e. The molecule has 0 fully saturated rings. The molecule has 27 heavy (non-hydrogen) atoms. The number of nitrogens with one attached hydrogen (secondary N) is 3. The average Bonchev–Trinajstić information content (AvgIpc) is 3.28. The van der Waals surface area contributed by atoms with E-state index >= 15 is 0 Å². The summed E-state index contributed by atoms with van der Waals surface area (Å²) in [5, 5.41) is 23.6. The molecule has 0 aliphatic carbocycles. The van der Waals surface area contributed by atoms with E-state index in [0.717, 1.165) is 0 Å². The standard InChI is InChI=1S/C17H26N6O3.HI/c1-4-18-16(20-8-7-19-15(24)14-6-5-9-26-14)21-12-17(2,25)13-10-22-23(3)11-13;/h5-6,9-11,25H,4,7-8,12H2,1-3H3,(H,19,24)(H2,18,20,21);1H. The predicted octanol–water partition coefficient (Wildman–Crippen LogP) is 0.824. The first-order valence-electron chi connectivity index (χ1n) is 8.48. The third-order valence-corrected chi connectivity index (χ3v) is 3.66. The molecule has 150 valence electrons. The van der Waals surface area contributed by atoms with Gasteiger partial charge in [0.1, 0.15) is 5.60 Å². The molecule has 0 radical (unpaired) electrons. The number of halogens is 1. The van der Waals surface area contributed by atoms with E-state index in [0.29, 0.717) is 31.2 Å². The van der Waals surface area contributed by atoms with Crippen LogP contribution in [0.4, 0.5) is 0 Å². The Hall–Kier alpha value is -2.08. The van der Waals surface area contributed by atoms with Gasteiger partial charge in [-0.05, 0) is 26.0 Å². The van der Waals surface area contributed by atoms with E-state index in [1.165, 1.54) is 6.26 Å². The lowest BCUT2D eigenvalue weighted by Crippen LogP contribution is -2.42. The lowest BCUT2D eigenvalue weighted by molar-refractivity contribution is 0.0672. The number of furan rings is 1. The molecule has 2 aromatic rings. The molecule has 0 aliphatic heterocycles. The van der Waals surface area contributed by atoms with E-state index in [4.69, 9.17) is 4.42 Å². The van der Waals surface area contributed by atoms with Gasteiger partial charge in [-0.15, -0.1) is 24.0 Å². The number of aliphatic hydroxyl groups is 1. The number of aryl methyl sites for hydroxylation is 1. The van der Waals surface area contributed by atoms with Crippen LogP contribution in [0.5, 0.6) is 0 Å². The Kier molecular flexibility index (Phi) is 9.29. The van der Waals surface area contributed by atoms with Gasteiger partial charge < -0.3 is 25.5 Å². The molecule has 0 aromatic carbocycles. The summed E-state index contributed by atoms with van der Waals surface area (Å²) in [6, 6.07) is 3.27. The molecule has 1 atom stereocenters. The third-order valence-electron chi connectivity index (χ3n) is 3.66. The van der Waals surface area contributed by atoms with Gasteiger partial charge in [-0.25, -0.2) is 4.99 Å². The first-order valence-corrected chi connectivity index (χ1v) is 8.48. The van der Waals surface area contributed by atoms with Gasteiger partial charge in [0.2, 0.25) is 0 Å². The van der Waals surface area contributed by atoms with Gasteiger partial charge in [-0.1, -0.05) is 0 Å². The molecule has 1 unspecified atom stereocenters. The van der Waals surface area contributed by atoms with Gasteiger partial charge in [-0.2, -0.15) is 5.10 Å². The Bertz CT molecular complexity index is 727. The molecule has 0 aliphatic rings. The van der Waals surface area contributed by atoms with E-state index in [-0.39, 0.29) is 42.2 Å².